The molecular weight excluding hydrogens is 493 g/mol. The molecule has 0 N–H and O–H groups in total. The van der Waals surface area contributed by atoms with Crippen molar-refractivity contribution >= 4 is 53.4 Å². The Hall–Kier alpha value is -3.36. The minimum Gasteiger partial charge on any atom is -0.344 e. The van der Waals surface area contributed by atoms with Gasteiger partial charge in [-0.3, -0.25) is 14.9 Å². The minimum atomic E-state index is -3.77. The first kappa shape index (κ1) is 22.8. The molecule has 170 valence electrons. The lowest BCUT2D eigenvalue weighted by atomic mass is 10.2. The zero-order chi connectivity index (χ0) is 23.9. The molecule has 0 fully saturated rings. The first-order valence-corrected chi connectivity index (χ1v) is 12.7. The summed E-state index contributed by atoms with van der Waals surface area (Å²) in [7, 11) is -2.14. The maximum Gasteiger partial charge on any atom is 0.288 e. The van der Waals surface area contributed by atoms with E-state index in [0.29, 0.717) is 15.6 Å². The molecule has 0 bridgehead atoms. The molecule has 2 aromatic carbocycles. The van der Waals surface area contributed by atoms with Crippen LogP contribution in [0.25, 0.3) is 20.7 Å². The van der Waals surface area contributed by atoms with E-state index < -0.39 is 31.8 Å². The Balaban J connectivity index is 1.71. The maximum atomic E-state index is 13.5. The summed E-state index contributed by atoms with van der Waals surface area (Å²) in [4.78, 5) is 28.7. The fourth-order valence-corrected chi connectivity index (χ4v) is 5.53. The molecule has 2 aromatic heterocycles. The molecule has 33 heavy (non-hydrogen) atoms. The summed E-state index contributed by atoms with van der Waals surface area (Å²) in [6.07, 6.45) is 0.904. The molecule has 0 aliphatic heterocycles. The molecule has 0 unspecified atom stereocenters. The molecule has 0 amide bonds. The summed E-state index contributed by atoms with van der Waals surface area (Å²) in [5.41, 5.74) is -0.694. The van der Waals surface area contributed by atoms with Gasteiger partial charge in [0, 0.05) is 24.9 Å². The van der Waals surface area contributed by atoms with Crippen LogP contribution in [-0.4, -0.2) is 41.8 Å². The second kappa shape index (κ2) is 8.53. The van der Waals surface area contributed by atoms with Crippen LogP contribution in [0.3, 0.4) is 0 Å². The Bertz CT molecular complexity index is 1570. The van der Waals surface area contributed by atoms with E-state index in [0.717, 1.165) is 29.7 Å². The zero-order valence-corrected chi connectivity index (χ0v) is 19.5. The molecule has 10 nitrogen and oxygen atoms in total. The van der Waals surface area contributed by atoms with Crippen molar-refractivity contribution in [1.82, 2.24) is 15.2 Å². The summed E-state index contributed by atoms with van der Waals surface area (Å²) >= 11 is 2.12. The number of anilines is 1. The molecule has 0 saturated heterocycles. The first-order chi connectivity index (χ1) is 15.5. The molecule has 14 heteroatoms. The monoisotopic (exact) mass is 507 g/mol. The van der Waals surface area contributed by atoms with Crippen LogP contribution in [0.5, 0.6) is 0 Å². The van der Waals surface area contributed by atoms with Gasteiger partial charge in [-0.05, 0) is 18.2 Å². The number of nitro groups is 1. The van der Waals surface area contributed by atoms with E-state index in [4.69, 9.17) is 0 Å². The standard InChI is InChI=1S/C19H14FN5O5S3/c1-24(9-15-22-23-18(31-15)10-4-3-5-11(20)6-10)19-21-17(26)13-7-12(33(2,29)30)8-14(25(27)28)16(13)32-19/h3-8H,9H2,1-2H3. The van der Waals surface area contributed by atoms with Gasteiger partial charge < -0.3 is 4.90 Å². The fraction of sp³-hybridized carbons (Fsp3) is 0.158. The van der Waals surface area contributed by atoms with Gasteiger partial charge in [0.2, 0.25) is 0 Å². The van der Waals surface area contributed by atoms with Crippen LogP contribution in [0.4, 0.5) is 15.2 Å². The van der Waals surface area contributed by atoms with Crippen molar-refractivity contribution in [2.75, 3.05) is 18.2 Å². The van der Waals surface area contributed by atoms with Crippen LogP contribution in [0.2, 0.25) is 0 Å². The Kier molecular flexibility index (Phi) is 5.90. The number of hydrogen-bond acceptors (Lipinski definition) is 11. The summed E-state index contributed by atoms with van der Waals surface area (Å²) < 4.78 is 37.3. The van der Waals surface area contributed by atoms with E-state index in [1.54, 1.807) is 24.1 Å². The highest BCUT2D eigenvalue weighted by atomic mass is 32.2. The van der Waals surface area contributed by atoms with E-state index in [1.165, 1.54) is 23.5 Å². The lowest BCUT2D eigenvalue weighted by Gasteiger charge is -2.15. The number of fused-ring (bicyclic) bond motifs is 1. The van der Waals surface area contributed by atoms with Crippen molar-refractivity contribution in [2.24, 2.45) is 0 Å². The summed E-state index contributed by atoms with van der Waals surface area (Å²) in [6.45, 7) is 0.191. The van der Waals surface area contributed by atoms with Crippen LogP contribution >= 0.6 is 22.7 Å². The van der Waals surface area contributed by atoms with E-state index >= 15 is 0 Å². The highest BCUT2D eigenvalue weighted by Crippen LogP contribution is 2.34. The molecule has 2 heterocycles. The summed E-state index contributed by atoms with van der Waals surface area (Å²) in [5.74, 6) is -0.396. The number of nitrogens with zero attached hydrogens (tertiary/aromatic N) is 5. The number of nitro benzene ring substituents is 1. The van der Waals surface area contributed by atoms with Crippen LogP contribution in [-0.2, 0) is 16.4 Å². The van der Waals surface area contributed by atoms with Crippen molar-refractivity contribution in [1.29, 1.82) is 0 Å². The third-order valence-electron chi connectivity index (χ3n) is 4.53. The van der Waals surface area contributed by atoms with E-state index in [-0.39, 0.29) is 26.7 Å². The molecule has 4 rings (SSSR count). The van der Waals surface area contributed by atoms with Gasteiger partial charge in [-0.15, -0.1) is 10.2 Å². The second-order valence-electron chi connectivity index (χ2n) is 7.02. The number of halogens is 1. The molecular formula is C19H14FN5O5S3. The molecule has 0 aliphatic carbocycles. The largest absolute Gasteiger partial charge is 0.344 e. The molecule has 0 saturated carbocycles. The van der Waals surface area contributed by atoms with Crippen LogP contribution in [0.1, 0.15) is 5.01 Å². The normalized spacial score (nSPS) is 11.6. The SMILES string of the molecule is CN(Cc1nnc(-c2cccc(F)c2)s1)c1nc(=O)c2cc(S(C)(=O)=O)cc([N+](=O)[O-])c2s1. The van der Waals surface area contributed by atoms with Crippen molar-refractivity contribution < 1.29 is 17.7 Å². The molecule has 0 radical (unpaired) electrons. The van der Waals surface area contributed by atoms with Gasteiger partial charge in [0.1, 0.15) is 20.5 Å². The van der Waals surface area contributed by atoms with Gasteiger partial charge in [0.15, 0.2) is 15.0 Å². The number of benzene rings is 2. The first-order valence-electron chi connectivity index (χ1n) is 9.16. The quantitative estimate of drug-likeness (QED) is 0.284. The summed E-state index contributed by atoms with van der Waals surface area (Å²) in [5, 5.41) is 20.8. The van der Waals surface area contributed by atoms with Gasteiger partial charge in [0.05, 0.1) is 21.7 Å². The highest BCUT2D eigenvalue weighted by Gasteiger charge is 2.23. The Morgan fingerprint density at radius 3 is 2.61 bits per heavy atom. The molecule has 0 atom stereocenters. The van der Waals surface area contributed by atoms with Crippen molar-refractivity contribution in [3.8, 4) is 10.6 Å². The fourth-order valence-electron chi connectivity index (χ4n) is 2.95. The van der Waals surface area contributed by atoms with Crippen molar-refractivity contribution in [3.63, 3.8) is 0 Å². The van der Waals surface area contributed by atoms with Gasteiger partial charge in [-0.25, -0.2) is 12.8 Å². The predicted molar refractivity (Wildman–Crippen MR) is 123 cm³/mol. The smallest absolute Gasteiger partial charge is 0.288 e. The van der Waals surface area contributed by atoms with Crippen molar-refractivity contribution in [3.05, 3.63) is 67.7 Å². The highest BCUT2D eigenvalue weighted by molar-refractivity contribution is 7.90. The number of sulfone groups is 1. The van der Waals surface area contributed by atoms with Gasteiger partial charge in [-0.2, -0.15) is 4.98 Å². The lowest BCUT2D eigenvalue weighted by molar-refractivity contribution is -0.383. The van der Waals surface area contributed by atoms with E-state index in [9.17, 15) is 27.7 Å². The molecule has 4 aromatic rings. The topological polar surface area (TPSA) is 136 Å². The maximum absolute atomic E-state index is 13.5. The lowest BCUT2D eigenvalue weighted by Crippen LogP contribution is -2.20. The van der Waals surface area contributed by atoms with Crippen LogP contribution in [0, 0.1) is 15.9 Å². The summed E-state index contributed by atoms with van der Waals surface area (Å²) in [6, 6.07) is 7.98. The number of rotatable bonds is 6. The molecule has 0 aliphatic rings. The number of aromatic nitrogens is 3. The Morgan fingerprint density at radius 2 is 1.94 bits per heavy atom. The van der Waals surface area contributed by atoms with E-state index in [1.807, 2.05) is 0 Å². The predicted octanol–water partition coefficient (Wildman–Crippen LogP) is 3.26. The second-order valence-corrected chi connectivity index (χ2v) is 11.1. The Morgan fingerprint density at radius 1 is 1.18 bits per heavy atom. The van der Waals surface area contributed by atoms with Crippen LogP contribution in [0.15, 0.2) is 46.1 Å². The van der Waals surface area contributed by atoms with E-state index in [2.05, 4.69) is 15.2 Å². The van der Waals surface area contributed by atoms with Gasteiger partial charge in [0.25, 0.3) is 11.2 Å². The van der Waals surface area contributed by atoms with Crippen LogP contribution < -0.4 is 10.5 Å². The third-order valence-corrected chi connectivity index (χ3v) is 7.79. The number of non-ortho nitro benzene ring substituents is 1. The zero-order valence-electron chi connectivity index (χ0n) is 17.1. The third kappa shape index (κ3) is 4.72. The average molecular weight is 508 g/mol. The average Bonchev–Trinajstić information content (AvgIpc) is 3.20. The van der Waals surface area contributed by atoms with Crippen molar-refractivity contribution in [2.45, 2.75) is 11.4 Å². The molecule has 0 spiro atoms. The number of hydrogen-bond donors (Lipinski definition) is 0. The van der Waals surface area contributed by atoms with Gasteiger partial charge in [-0.1, -0.05) is 34.8 Å². The van der Waals surface area contributed by atoms with Gasteiger partial charge >= 0.3 is 0 Å². The Labute approximate surface area is 194 Å². The minimum absolute atomic E-state index is 0.0203.